The Bertz CT molecular complexity index is 660. The average Bonchev–Trinajstić information content (AvgIpc) is 2.39. The van der Waals surface area contributed by atoms with E-state index in [1.54, 1.807) is 6.07 Å². The molecule has 0 radical (unpaired) electrons. The van der Waals surface area contributed by atoms with Crippen molar-refractivity contribution >= 4 is 5.78 Å². The molecule has 2 rings (SSSR count). The molecule has 0 atom stereocenters. The van der Waals surface area contributed by atoms with Crippen molar-refractivity contribution in [1.29, 1.82) is 5.26 Å². The Morgan fingerprint density at radius 1 is 1.37 bits per heavy atom. The molecule has 5 heteroatoms. The quantitative estimate of drug-likeness (QED) is 0.791. The number of nitrogens with zero attached hydrogens (tertiary/aromatic N) is 2. The van der Waals surface area contributed by atoms with E-state index in [0.717, 1.165) is 0 Å². The van der Waals surface area contributed by atoms with Crippen molar-refractivity contribution in [2.24, 2.45) is 0 Å². The van der Waals surface area contributed by atoms with Crippen LogP contribution in [0, 0.1) is 17.1 Å². The Morgan fingerprint density at radius 2 is 2.16 bits per heavy atom. The Hall–Kier alpha value is -2.74. The molecule has 1 aromatic carbocycles. The van der Waals surface area contributed by atoms with Gasteiger partial charge in [-0.2, -0.15) is 5.26 Å². The maximum atomic E-state index is 13.4. The van der Waals surface area contributed by atoms with Crippen LogP contribution in [0.2, 0.25) is 0 Å². The summed E-state index contributed by atoms with van der Waals surface area (Å²) in [6.45, 7) is 1.41. The zero-order valence-corrected chi connectivity index (χ0v) is 10.1. The van der Waals surface area contributed by atoms with Crippen molar-refractivity contribution in [2.45, 2.75) is 6.92 Å². The van der Waals surface area contributed by atoms with Gasteiger partial charge in [0.1, 0.15) is 34.6 Å². The van der Waals surface area contributed by atoms with Gasteiger partial charge in [0, 0.05) is 6.92 Å². The average molecular weight is 256 g/mol. The van der Waals surface area contributed by atoms with Crippen molar-refractivity contribution < 1.29 is 13.9 Å². The lowest BCUT2D eigenvalue weighted by atomic mass is 10.2. The van der Waals surface area contributed by atoms with Gasteiger partial charge >= 0.3 is 0 Å². The molecule has 0 aliphatic heterocycles. The number of halogens is 1. The monoisotopic (exact) mass is 256 g/mol. The smallest absolute Gasteiger partial charge is 0.178 e. The second kappa shape index (κ2) is 5.27. The summed E-state index contributed by atoms with van der Waals surface area (Å²) in [6.07, 6.45) is 1.35. The van der Waals surface area contributed by atoms with Crippen LogP contribution in [-0.2, 0) is 0 Å². The Labute approximate surface area is 109 Å². The van der Waals surface area contributed by atoms with Crippen LogP contribution in [0.1, 0.15) is 23.0 Å². The SMILES string of the molecule is CC(=O)c1ccc(Oc2cccc(F)c2C#N)cn1. The highest BCUT2D eigenvalue weighted by Crippen LogP contribution is 2.26. The molecule has 0 saturated heterocycles. The molecule has 0 aliphatic carbocycles. The van der Waals surface area contributed by atoms with Crippen LogP contribution in [0.4, 0.5) is 4.39 Å². The molecule has 0 fully saturated rings. The zero-order valence-electron chi connectivity index (χ0n) is 10.1. The van der Waals surface area contributed by atoms with E-state index in [-0.39, 0.29) is 17.1 Å². The van der Waals surface area contributed by atoms with Gasteiger partial charge in [0.15, 0.2) is 5.78 Å². The lowest BCUT2D eigenvalue weighted by Crippen LogP contribution is -1.97. The van der Waals surface area contributed by atoms with Crippen molar-refractivity contribution in [1.82, 2.24) is 4.98 Å². The number of pyridine rings is 1. The number of aromatic nitrogens is 1. The topological polar surface area (TPSA) is 63.0 Å². The molecule has 0 spiro atoms. The van der Waals surface area contributed by atoms with Gasteiger partial charge in [-0.15, -0.1) is 0 Å². The fourth-order valence-electron chi connectivity index (χ4n) is 1.47. The summed E-state index contributed by atoms with van der Waals surface area (Å²) in [7, 11) is 0. The number of rotatable bonds is 3. The van der Waals surface area contributed by atoms with E-state index in [4.69, 9.17) is 10.00 Å². The molecule has 0 N–H and O–H groups in total. The fraction of sp³-hybridized carbons (Fsp3) is 0.0714. The van der Waals surface area contributed by atoms with Crippen LogP contribution in [0.5, 0.6) is 11.5 Å². The van der Waals surface area contributed by atoms with E-state index >= 15 is 0 Å². The zero-order chi connectivity index (χ0) is 13.8. The number of hydrogen-bond acceptors (Lipinski definition) is 4. The first kappa shape index (κ1) is 12.7. The predicted octanol–water partition coefficient (Wildman–Crippen LogP) is 3.09. The van der Waals surface area contributed by atoms with E-state index < -0.39 is 5.82 Å². The molecular weight excluding hydrogens is 247 g/mol. The van der Waals surface area contributed by atoms with Crippen molar-refractivity contribution in [3.63, 3.8) is 0 Å². The van der Waals surface area contributed by atoms with Gasteiger partial charge in [0.2, 0.25) is 0 Å². The standard InChI is InChI=1S/C14H9FN2O2/c1-9(18)13-6-5-10(8-17-13)19-14-4-2-3-12(15)11(14)7-16/h2-6,8H,1H3. The predicted molar refractivity (Wildman–Crippen MR) is 65.4 cm³/mol. The van der Waals surface area contributed by atoms with E-state index in [2.05, 4.69) is 4.98 Å². The Balaban J connectivity index is 2.29. The number of carbonyl (C=O) groups excluding carboxylic acids is 1. The number of Topliss-reactive ketones (excluding diaryl/α,β-unsaturated/α-hetero) is 1. The first-order chi connectivity index (χ1) is 9.11. The molecule has 1 aromatic heterocycles. The van der Waals surface area contributed by atoms with Crippen molar-refractivity contribution in [2.75, 3.05) is 0 Å². The molecule has 0 bridgehead atoms. The number of ether oxygens (including phenoxy) is 1. The molecule has 19 heavy (non-hydrogen) atoms. The van der Waals surface area contributed by atoms with E-state index in [9.17, 15) is 9.18 Å². The minimum atomic E-state index is -0.645. The molecule has 2 aromatic rings. The summed E-state index contributed by atoms with van der Waals surface area (Å²) in [4.78, 5) is 15.0. The third-order valence-electron chi connectivity index (χ3n) is 2.41. The van der Waals surface area contributed by atoms with Crippen LogP contribution in [-0.4, -0.2) is 10.8 Å². The minimum absolute atomic E-state index is 0.111. The molecule has 94 valence electrons. The summed E-state index contributed by atoms with van der Waals surface area (Å²) in [5, 5.41) is 8.86. The van der Waals surface area contributed by atoms with Gasteiger partial charge in [-0.25, -0.2) is 9.37 Å². The molecule has 0 saturated carbocycles. The van der Waals surface area contributed by atoms with Crippen LogP contribution >= 0.6 is 0 Å². The van der Waals surface area contributed by atoms with E-state index in [1.165, 1.54) is 43.5 Å². The summed E-state index contributed by atoms with van der Waals surface area (Å²) in [6, 6.07) is 8.90. The van der Waals surface area contributed by atoms with Crippen LogP contribution in [0.25, 0.3) is 0 Å². The van der Waals surface area contributed by atoms with Gasteiger partial charge in [-0.05, 0) is 24.3 Å². The van der Waals surface area contributed by atoms with E-state index in [1.807, 2.05) is 0 Å². The first-order valence-corrected chi connectivity index (χ1v) is 5.45. The van der Waals surface area contributed by atoms with Gasteiger partial charge < -0.3 is 4.74 Å². The highest BCUT2D eigenvalue weighted by atomic mass is 19.1. The fourth-order valence-corrected chi connectivity index (χ4v) is 1.47. The van der Waals surface area contributed by atoms with Crippen LogP contribution < -0.4 is 4.74 Å². The Morgan fingerprint density at radius 3 is 2.74 bits per heavy atom. The molecule has 0 amide bonds. The molecule has 0 aliphatic rings. The van der Waals surface area contributed by atoms with Crippen LogP contribution in [0.15, 0.2) is 36.5 Å². The maximum Gasteiger partial charge on any atom is 0.178 e. The van der Waals surface area contributed by atoms with E-state index in [0.29, 0.717) is 11.4 Å². The van der Waals surface area contributed by atoms with Gasteiger partial charge in [-0.1, -0.05) is 6.07 Å². The van der Waals surface area contributed by atoms with Gasteiger partial charge in [-0.3, -0.25) is 4.79 Å². The number of hydrogen-bond donors (Lipinski definition) is 0. The first-order valence-electron chi connectivity index (χ1n) is 5.45. The second-order valence-electron chi connectivity index (χ2n) is 3.76. The third-order valence-corrected chi connectivity index (χ3v) is 2.41. The highest BCUT2D eigenvalue weighted by molar-refractivity contribution is 5.92. The largest absolute Gasteiger partial charge is 0.454 e. The van der Waals surface area contributed by atoms with Gasteiger partial charge in [0.05, 0.1) is 6.20 Å². The summed E-state index contributed by atoms with van der Waals surface area (Å²) < 4.78 is 18.7. The van der Waals surface area contributed by atoms with Crippen LogP contribution in [0.3, 0.4) is 0 Å². The van der Waals surface area contributed by atoms with Crippen molar-refractivity contribution in [3.8, 4) is 17.6 Å². The maximum absolute atomic E-state index is 13.4. The summed E-state index contributed by atoms with van der Waals surface area (Å²) in [5.41, 5.74) is 0.144. The molecule has 1 heterocycles. The third kappa shape index (κ3) is 2.75. The number of nitriles is 1. The molecule has 4 nitrogen and oxygen atoms in total. The lowest BCUT2D eigenvalue weighted by molar-refractivity contribution is 0.101. The molecular formula is C14H9FN2O2. The lowest BCUT2D eigenvalue weighted by Gasteiger charge is -2.07. The van der Waals surface area contributed by atoms with Gasteiger partial charge in [0.25, 0.3) is 0 Å². The normalized spacial score (nSPS) is 9.74. The molecule has 0 unspecified atom stereocenters. The summed E-state index contributed by atoms with van der Waals surface area (Å²) >= 11 is 0. The highest BCUT2D eigenvalue weighted by Gasteiger charge is 2.10. The number of carbonyl (C=O) groups is 1. The second-order valence-corrected chi connectivity index (χ2v) is 3.76. The van der Waals surface area contributed by atoms with Crippen molar-refractivity contribution in [3.05, 3.63) is 53.6 Å². The minimum Gasteiger partial charge on any atom is -0.454 e. The number of ketones is 1. The number of benzene rings is 1. The summed E-state index contributed by atoms with van der Waals surface area (Å²) in [5.74, 6) is -0.365. The Kier molecular flexibility index (Phi) is 3.53.